The number of phenols is 2. The van der Waals surface area contributed by atoms with Crippen molar-refractivity contribution < 1.29 is 19.7 Å². The van der Waals surface area contributed by atoms with Gasteiger partial charge in [-0.05, 0) is 48.6 Å². The minimum absolute atomic E-state index is 0.0334. The van der Waals surface area contributed by atoms with E-state index in [4.69, 9.17) is 4.74 Å². The smallest absolute Gasteiger partial charge is 0.277 e. The predicted octanol–water partition coefficient (Wildman–Crippen LogP) is 3.45. The molecule has 0 saturated heterocycles. The summed E-state index contributed by atoms with van der Waals surface area (Å²) in [4.78, 5) is 11.8. The molecule has 2 rings (SSSR count). The average molecular weight is 356 g/mol. The molecule has 0 bridgehead atoms. The van der Waals surface area contributed by atoms with Crippen LogP contribution in [0.5, 0.6) is 17.2 Å². The number of benzene rings is 2. The van der Waals surface area contributed by atoms with E-state index in [1.807, 2.05) is 24.3 Å². The van der Waals surface area contributed by atoms with Gasteiger partial charge in [0.2, 0.25) is 0 Å². The first kappa shape index (κ1) is 19.3. The lowest BCUT2D eigenvalue weighted by molar-refractivity contribution is -0.123. The molecule has 0 aromatic heterocycles. The fourth-order valence-electron chi connectivity index (χ4n) is 2.41. The third-order valence-corrected chi connectivity index (χ3v) is 4.16. The van der Waals surface area contributed by atoms with E-state index < -0.39 is 5.91 Å². The third kappa shape index (κ3) is 5.24. The van der Waals surface area contributed by atoms with Gasteiger partial charge in [-0.25, -0.2) is 5.43 Å². The van der Waals surface area contributed by atoms with Gasteiger partial charge in [-0.15, -0.1) is 0 Å². The Morgan fingerprint density at radius 2 is 1.96 bits per heavy atom. The molecule has 0 aliphatic rings. The molecule has 2 aromatic carbocycles. The molecular formula is C20H24N2O4. The van der Waals surface area contributed by atoms with E-state index in [9.17, 15) is 15.0 Å². The van der Waals surface area contributed by atoms with Gasteiger partial charge in [0.05, 0.1) is 6.21 Å². The molecule has 3 N–H and O–H groups in total. The van der Waals surface area contributed by atoms with E-state index in [1.54, 1.807) is 6.92 Å². The molecule has 1 atom stereocenters. The number of aromatic hydroxyl groups is 2. The van der Waals surface area contributed by atoms with Crippen molar-refractivity contribution >= 4 is 12.1 Å². The third-order valence-electron chi connectivity index (χ3n) is 4.16. The van der Waals surface area contributed by atoms with Crippen molar-refractivity contribution in [1.29, 1.82) is 0 Å². The quantitative estimate of drug-likeness (QED) is 0.523. The Morgan fingerprint density at radius 3 is 2.58 bits per heavy atom. The minimum atomic E-state index is -0.414. The second kappa shape index (κ2) is 8.89. The van der Waals surface area contributed by atoms with E-state index in [-0.39, 0.29) is 18.1 Å². The highest BCUT2D eigenvalue weighted by atomic mass is 16.5. The Balaban J connectivity index is 1.86. The molecule has 0 heterocycles. The van der Waals surface area contributed by atoms with Crippen LogP contribution in [-0.4, -0.2) is 28.9 Å². The molecule has 0 aliphatic heterocycles. The van der Waals surface area contributed by atoms with Crippen LogP contribution >= 0.6 is 0 Å². The van der Waals surface area contributed by atoms with Gasteiger partial charge in [0.25, 0.3) is 5.91 Å². The number of nitrogens with one attached hydrogen (secondary N) is 1. The average Bonchev–Trinajstić information content (AvgIpc) is 2.62. The van der Waals surface area contributed by atoms with Gasteiger partial charge in [0, 0.05) is 11.6 Å². The fourth-order valence-corrected chi connectivity index (χ4v) is 2.41. The van der Waals surface area contributed by atoms with Gasteiger partial charge in [0.15, 0.2) is 6.61 Å². The highest BCUT2D eigenvalue weighted by molar-refractivity contribution is 5.87. The van der Waals surface area contributed by atoms with Gasteiger partial charge in [-0.3, -0.25) is 4.79 Å². The summed E-state index contributed by atoms with van der Waals surface area (Å²) in [6.45, 7) is 5.85. The van der Waals surface area contributed by atoms with Crippen LogP contribution in [0.1, 0.15) is 42.9 Å². The highest BCUT2D eigenvalue weighted by Gasteiger charge is 2.06. The van der Waals surface area contributed by atoms with Crippen LogP contribution in [-0.2, 0) is 4.79 Å². The summed E-state index contributed by atoms with van der Waals surface area (Å²) in [5.74, 6) is 0.542. The molecule has 1 unspecified atom stereocenters. The molecule has 0 radical (unpaired) electrons. The topological polar surface area (TPSA) is 91.2 Å². The summed E-state index contributed by atoms with van der Waals surface area (Å²) in [6.07, 6.45) is 2.39. The first-order valence-corrected chi connectivity index (χ1v) is 8.48. The Bertz CT molecular complexity index is 762. The number of rotatable bonds is 7. The lowest BCUT2D eigenvalue weighted by Crippen LogP contribution is -2.24. The van der Waals surface area contributed by atoms with Crippen LogP contribution in [0.25, 0.3) is 0 Å². The van der Waals surface area contributed by atoms with Crippen molar-refractivity contribution in [1.82, 2.24) is 5.43 Å². The van der Waals surface area contributed by atoms with Crippen LogP contribution < -0.4 is 10.2 Å². The summed E-state index contributed by atoms with van der Waals surface area (Å²) < 4.78 is 5.43. The van der Waals surface area contributed by atoms with Crippen molar-refractivity contribution in [3.63, 3.8) is 0 Å². The fraction of sp³-hybridized carbons (Fsp3) is 0.300. The first-order chi connectivity index (χ1) is 12.4. The molecule has 0 spiro atoms. The SMILES string of the molecule is CCC(C)c1ccc(OCC(=O)NN=Cc2c(C)cc(O)cc2O)cc1. The summed E-state index contributed by atoms with van der Waals surface area (Å²) in [7, 11) is 0. The first-order valence-electron chi connectivity index (χ1n) is 8.48. The molecule has 0 fully saturated rings. The van der Waals surface area contributed by atoms with Crippen LogP contribution in [0.3, 0.4) is 0 Å². The zero-order chi connectivity index (χ0) is 19.1. The lowest BCUT2D eigenvalue weighted by Gasteiger charge is -2.10. The molecule has 26 heavy (non-hydrogen) atoms. The standard InChI is InChI=1S/C20H24N2O4/c1-4-13(2)15-5-7-17(8-6-15)26-12-20(25)22-21-11-18-14(3)9-16(23)10-19(18)24/h5-11,13,23-24H,4,12H2,1-3H3,(H,22,25). The number of carbonyl (C=O) groups is 1. The summed E-state index contributed by atoms with van der Waals surface area (Å²) >= 11 is 0. The van der Waals surface area contributed by atoms with Crippen molar-refractivity contribution in [2.45, 2.75) is 33.1 Å². The zero-order valence-corrected chi connectivity index (χ0v) is 15.2. The van der Waals surface area contributed by atoms with Crippen molar-refractivity contribution in [3.8, 4) is 17.2 Å². The molecule has 0 aliphatic carbocycles. The van der Waals surface area contributed by atoms with E-state index in [0.29, 0.717) is 22.8 Å². The molecule has 0 saturated carbocycles. The molecule has 1 amide bonds. The molecule has 138 valence electrons. The number of hydrazone groups is 1. The van der Waals surface area contributed by atoms with Gasteiger partial charge >= 0.3 is 0 Å². The Morgan fingerprint density at radius 1 is 1.27 bits per heavy atom. The summed E-state index contributed by atoms with van der Waals surface area (Å²) in [5, 5.41) is 23.0. The number of amides is 1. The number of hydrogen-bond acceptors (Lipinski definition) is 5. The van der Waals surface area contributed by atoms with Crippen LogP contribution in [0.2, 0.25) is 0 Å². The van der Waals surface area contributed by atoms with Gasteiger partial charge in [-0.1, -0.05) is 26.0 Å². The lowest BCUT2D eigenvalue weighted by atomic mass is 9.99. The van der Waals surface area contributed by atoms with E-state index in [0.717, 1.165) is 6.42 Å². The van der Waals surface area contributed by atoms with Crippen LogP contribution in [0, 0.1) is 6.92 Å². The van der Waals surface area contributed by atoms with Crippen LogP contribution in [0.4, 0.5) is 0 Å². The Labute approximate surface area is 153 Å². The monoisotopic (exact) mass is 356 g/mol. The maximum atomic E-state index is 11.8. The van der Waals surface area contributed by atoms with E-state index in [2.05, 4.69) is 24.4 Å². The van der Waals surface area contributed by atoms with Gasteiger partial charge in [0.1, 0.15) is 17.2 Å². The van der Waals surface area contributed by atoms with E-state index >= 15 is 0 Å². The maximum absolute atomic E-state index is 11.8. The predicted molar refractivity (Wildman–Crippen MR) is 101 cm³/mol. The number of ether oxygens (including phenoxy) is 1. The Hall–Kier alpha value is -3.02. The second-order valence-electron chi connectivity index (χ2n) is 6.16. The Kier molecular flexibility index (Phi) is 6.60. The molecule has 6 nitrogen and oxygen atoms in total. The van der Waals surface area contributed by atoms with Gasteiger partial charge < -0.3 is 14.9 Å². The molecule has 6 heteroatoms. The van der Waals surface area contributed by atoms with Crippen molar-refractivity contribution in [2.75, 3.05) is 6.61 Å². The van der Waals surface area contributed by atoms with Crippen molar-refractivity contribution in [2.24, 2.45) is 5.10 Å². The van der Waals surface area contributed by atoms with E-state index in [1.165, 1.54) is 23.9 Å². The maximum Gasteiger partial charge on any atom is 0.277 e. The number of aryl methyl sites for hydroxylation is 1. The van der Waals surface area contributed by atoms with Crippen molar-refractivity contribution in [3.05, 3.63) is 53.1 Å². The molecular weight excluding hydrogens is 332 g/mol. The minimum Gasteiger partial charge on any atom is -0.508 e. The van der Waals surface area contributed by atoms with Crippen LogP contribution in [0.15, 0.2) is 41.5 Å². The summed E-state index contributed by atoms with van der Waals surface area (Å²) in [6, 6.07) is 10.4. The van der Waals surface area contributed by atoms with Gasteiger partial charge in [-0.2, -0.15) is 5.10 Å². The summed E-state index contributed by atoms with van der Waals surface area (Å²) in [5.41, 5.74) is 4.63. The number of phenolic OH excluding ortho intramolecular Hbond substituents is 2. The second-order valence-corrected chi connectivity index (χ2v) is 6.16. The normalized spacial score (nSPS) is 12.1. The largest absolute Gasteiger partial charge is 0.508 e. The zero-order valence-electron chi connectivity index (χ0n) is 15.2. The molecule has 2 aromatic rings. The number of carbonyl (C=O) groups excluding carboxylic acids is 1. The number of nitrogens with zero attached hydrogens (tertiary/aromatic N) is 1. The highest BCUT2D eigenvalue weighted by Crippen LogP contribution is 2.25. The number of hydrogen-bond donors (Lipinski definition) is 3.